The van der Waals surface area contributed by atoms with Gasteiger partial charge in [0.15, 0.2) is 12.6 Å². The molecule has 1 aromatic heterocycles. The molecule has 2 rings (SSSR count). The SMILES string of the molecule is CCNC(=NCc1ccc(OCC(F)(F)F)nc1)N1CC[C@@H](O)C1. The fourth-order valence-corrected chi connectivity index (χ4v) is 2.27. The van der Waals surface area contributed by atoms with Crippen LogP contribution >= 0.6 is 0 Å². The van der Waals surface area contributed by atoms with Crippen LogP contribution in [0.4, 0.5) is 13.2 Å². The van der Waals surface area contributed by atoms with Gasteiger partial charge < -0.3 is 20.1 Å². The second-order valence-corrected chi connectivity index (χ2v) is 5.47. The molecule has 1 aliphatic heterocycles. The van der Waals surface area contributed by atoms with Crippen LogP contribution in [0.1, 0.15) is 18.9 Å². The van der Waals surface area contributed by atoms with Crippen LogP contribution in [-0.2, 0) is 6.54 Å². The van der Waals surface area contributed by atoms with Crippen LogP contribution in [-0.4, -0.2) is 59.5 Å². The van der Waals surface area contributed by atoms with E-state index in [0.29, 0.717) is 32.0 Å². The van der Waals surface area contributed by atoms with Gasteiger partial charge in [0.1, 0.15) is 0 Å². The van der Waals surface area contributed by atoms with Crippen LogP contribution < -0.4 is 10.1 Å². The first-order valence-corrected chi connectivity index (χ1v) is 7.73. The molecule has 1 aliphatic rings. The van der Waals surface area contributed by atoms with E-state index in [0.717, 1.165) is 12.1 Å². The third kappa shape index (κ3) is 5.88. The van der Waals surface area contributed by atoms with Crippen molar-refractivity contribution >= 4 is 5.96 Å². The van der Waals surface area contributed by atoms with Gasteiger partial charge in [-0.15, -0.1) is 0 Å². The summed E-state index contributed by atoms with van der Waals surface area (Å²) in [5.41, 5.74) is 0.754. The number of halogens is 3. The summed E-state index contributed by atoms with van der Waals surface area (Å²) in [6.07, 6.45) is -2.58. The summed E-state index contributed by atoms with van der Waals surface area (Å²) < 4.78 is 40.8. The topological polar surface area (TPSA) is 70.0 Å². The molecule has 0 aromatic carbocycles. The van der Waals surface area contributed by atoms with Gasteiger partial charge in [0, 0.05) is 31.9 Å². The Bertz CT molecular complexity index is 549. The summed E-state index contributed by atoms with van der Waals surface area (Å²) in [6, 6.07) is 3.02. The van der Waals surface area contributed by atoms with Gasteiger partial charge in [-0.25, -0.2) is 9.98 Å². The van der Waals surface area contributed by atoms with E-state index in [1.165, 1.54) is 12.3 Å². The number of β-amino-alcohol motifs (C(OH)–C–C–N with tert-alkyl or cyclic N) is 1. The summed E-state index contributed by atoms with van der Waals surface area (Å²) in [5.74, 6) is 0.626. The average molecular weight is 346 g/mol. The maximum Gasteiger partial charge on any atom is 0.422 e. The number of hydrogen-bond donors (Lipinski definition) is 2. The number of aliphatic imine (C=N–C) groups is 1. The third-order valence-electron chi connectivity index (χ3n) is 3.39. The van der Waals surface area contributed by atoms with Crippen molar-refractivity contribution in [3.05, 3.63) is 23.9 Å². The molecule has 0 aliphatic carbocycles. The number of nitrogens with one attached hydrogen (secondary N) is 1. The fourth-order valence-electron chi connectivity index (χ4n) is 2.27. The second kappa shape index (κ2) is 8.18. The van der Waals surface area contributed by atoms with E-state index in [2.05, 4.69) is 20.0 Å². The quantitative estimate of drug-likeness (QED) is 0.625. The highest BCUT2D eigenvalue weighted by molar-refractivity contribution is 5.80. The van der Waals surface area contributed by atoms with Gasteiger partial charge in [-0.2, -0.15) is 13.2 Å². The van der Waals surface area contributed by atoms with Crippen molar-refractivity contribution in [3.63, 3.8) is 0 Å². The zero-order valence-corrected chi connectivity index (χ0v) is 13.4. The number of rotatable bonds is 5. The van der Waals surface area contributed by atoms with Crippen molar-refractivity contribution < 1.29 is 23.0 Å². The number of nitrogens with zero attached hydrogens (tertiary/aromatic N) is 3. The van der Waals surface area contributed by atoms with E-state index >= 15 is 0 Å². The van der Waals surface area contributed by atoms with Crippen LogP contribution in [0.25, 0.3) is 0 Å². The van der Waals surface area contributed by atoms with Crippen molar-refractivity contribution in [2.45, 2.75) is 32.2 Å². The largest absolute Gasteiger partial charge is 0.468 e. The summed E-state index contributed by atoms with van der Waals surface area (Å²) in [6.45, 7) is 2.90. The Labute approximate surface area is 138 Å². The predicted octanol–water partition coefficient (Wildman–Crippen LogP) is 1.55. The molecule has 0 radical (unpaired) electrons. The van der Waals surface area contributed by atoms with Crippen LogP contribution in [0.5, 0.6) is 5.88 Å². The Balaban J connectivity index is 1.93. The maximum atomic E-state index is 12.1. The minimum atomic E-state index is -4.38. The molecule has 0 spiro atoms. The minimum Gasteiger partial charge on any atom is -0.468 e. The molecule has 1 saturated heterocycles. The zero-order valence-electron chi connectivity index (χ0n) is 13.4. The highest BCUT2D eigenvalue weighted by Crippen LogP contribution is 2.17. The molecule has 2 heterocycles. The van der Waals surface area contributed by atoms with Crippen molar-refractivity contribution in [1.29, 1.82) is 0 Å². The second-order valence-electron chi connectivity index (χ2n) is 5.47. The van der Waals surface area contributed by atoms with Gasteiger partial charge in [0.05, 0.1) is 12.6 Å². The van der Waals surface area contributed by atoms with Gasteiger partial charge in [-0.1, -0.05) is 6.07 Å². The molecule has 2 N–H and O–H groups in total. The van der Waals surface area contributed by atoms with Crippen LogP contribution in [0.2, 0.25) is 0 Å². The first-order chi connectivity index (χ1) is 11.4. The normalized spacial score (nSPS) is 18.8. The Kier molecular flexibility index (Phi) is 6.24. The lowest BCUT2D eigenvalue weighted by molar-refractivity contribution is -0.154. The summed E-state index contributed by atoms with van der Waals surface area (Å²) >= 11 is 0. The minimum absolute atomic E-state index is 0.0744. The predicted molar refractivity (Wildman–Crippen MR) is 82.8 cm³/mol. The van der Waals surface area contributed by atoms with Gasteiger partial charge in [-0.05, 0) is 18.9 Å². The van der Waals surface area contributed by atoms with Crippen LogP contribution in [0.15, 0.2) is 23.3 Å². The van der Waals surface area contributed by atoms with E-state index in [9.17, 15) is 18.3 Å². The third-order valence-corrected chi connectivity index (χ3v) is 3.39. The molecular formula is C15H21F3N4O2. The number of aliphatic hydroxyl groups excluding tert-OH is 1. The lowest BCUT2D eigenvalue weighted by Gasteiger charge is -2.20. The number of guanidine groups is 1. The first kappa shape index (κ1) is 18.3. The van der Waals surface area contributed by atoms with E-state index < -0.39 is 12.8 Å². The molecule has 1 aromatic rings. The smallest absolute Gasteiger partial charge is 0.422 e. The number of aliphatic hydroxyl groups is 1. The number of likely N-dealkylation sites (tertiary alicyclic amines) is 1. The average Bonchev–Trinajstić information content (AvgIpc) is 2.96. The highest BCUT2D eigenvalue weighted by atomic mass is 19.4. The summed E-state index contributed by atoms with van der Waals surface area (Å²) in [4.78, 5) is 10.3. The van der Waals surface area contributed by atoms with Gasteiger partial charge in [-0.3, -0.25) is 0 Å². The molecule has 24 heavy (non-hydrogen) atoms. The molecule has 0 saturated carbocycles. The van der Waals surface area contributed by atoms with Gasteiger partial charge in [0.25, 0.3) is 0 Å². The standard InChI is InChI=1S/C15H21F3N4O2/c1-2-19-14(22-6-5-12(23)9-22)21-8-11-3-4-13(20-7-11)24-10-15(16,17)18/h3-4,7,12,23H,2,5-6,8-10H2,1H3,(H,19,21)/t12-/m1/s1. The Morgan fingerprint density at radius 1 is 1.50 bits per heavy atom. The molecule has 1 fully saturated rings. The van der Waals surface area contributed by atoms with E-state index in [4.69, 9.17) is 0 Å². The molecule has 6 nitrogen and oxygen atoms in total. The Morgan fingerprint density at radius 3 is 2.83 bits per heavy atom. The number of aromatic nitrogens is 1. The maximum absolute atomic E-state index is 12.1. The van der Waals surface area contributed by atoms with Gasteiger partial charge >= 0.3 is 6.18 Å². The van der Waals surface area contributed by atoms with Crippen molar-refractivity contribution in [2.75, 3.05) is 26.2 Å². The number of alkyl halides is 3. The van der Waals surface area contributed by atoms with Crippen molar-refractivity contribution in [3.8, 4) is 5.88 Å². The molecular weight excluding hydrogens is 325 g/mol. The Morgan fingerprint density at radius 2 is 2.29 bits per heavy atom. The number of pyridine rings is 1. The summed E-state index contributed by atoms with van der Waals surface area (Å²) in [7, 11) is 0. The van der Waals surface area contributed by atoms with Crippen LogP contribution in [0.3, 0.4) is 0 Å². The van der Waals surface area contributed by atoms with E-state index in [-0.39, 0.29) is 12.0 Å². The van der Waals surface area contributed by atoms with Crippen LogP contribution in [0, 0.1) is 0 Å². The van der Waals surface area contributed by atoms with Crippen molar-refractivity contribution in [2.24, 2.45) is 4.99 Å². The van der Waals surface area contributed by atoms with Gasteiger partial charge in [0.2, 0.25) is 5.88 Å². The molecule has 0 amide bonds. The zero-order chi connectivity index (χ0) is 17.6. The lowest BCUT2D eigenvalue weighted by atomic mass is 10.3. The lowest BCUT2D eigenvalue weighted by Crippen LogP contribution is -2.40. The molecule has 1 atom stereocenters. The monoisotopic (exact) mass is 346 g/mol. The summed E-state index contributed by atoms with van der Waals surface area (Å²) in [5, 5.41) is 12.8. The molecule has 134 valence electrons. The molecule has 9 heteroatoms. The number of ether oxygens (including phenoxy) is 1. The number of hydrogen-bond acceptors (Lipinski definition) is 4. The fraction of sp³-hybridized carbons (Fsp3) is 0.600. The van der Waals surface area contributed by atoms with Crippen molar-refractivity contribution in [1.82, 2.24) is 15.2 Å². The van der Waals surface area contributed by atoms with E-state index in [1.807, 2.05) is 11.8 Å². The first-order valence-electron chi connectivity index (χ1n) is 7.73. The molecule has 0 bridgehead atoms. The highest BCUT2D eigenvalue weighted by Gasteiger charge is 2.28. The Hall–Kier alpha value is -2.03. The van der Waals surface area contributed by atoms with E-state index in [1.54, 1.807) is 6.07 Å². The molecule has 0 unspecified atom stereocenters.